The molecule has 2 N–H and O–H groups in total. The fraction of sp³-hybridized carbons (Fsp3) is 0.150. The Morgan fingerprint density at radius 1 is 1.00 bits per heavy atom. The zero-order chi connectivity index (χ0) is 20.1. The maximum absolute atomic E-state index is 12.2. The minimum Gasteiger partial charge on any atom is -0.454 e. The quantitative estimate of drug-likeness (QED) is 0.656. The fourth-order valence-corrected chi connectivity index (χ4v) is 2.52. The predicted octanol–water partition coefficient (Wildman–Crippen LogP) is 1.63. The Balaban J connectivity index is 1.60. The van der Waals surface area contributed by atoms with Crippen molar-refractivity contribution < 1.29 is 14.0 Å². The molecule has 0 aliphatic rings. The molecule has 28 heavy (non-hydrogen) atoms. The molecular weight excluding hydrogens is 360 g/mol. The lowest BCUT2D eigenvalue weighted by molar-refractivity contribution is 0.0830. The van der Waals surface area contributed by atoms with Crippen LogP contribution in [0, 0.1) is 0 Å². The van der Waals surface area contributed by atoms with Crippen LogP contribution in [0.3, 0.4) is 0 Å². The van der Waals surface area contributed by atoms with Crippen molar-refractivity contribution in [1.82, 2.24) is 15.4 Å². The van der Waals surface area contributed by atoms with Gasteiger partial charge in [-0.1, -0.05) is 12.1 Å². The smallest absolute Gasteiger partial charge is 0.305 e. The van der Waals surface area contributed by atoms with E-state index >= 15 is 0 Å². The SMILES string of the molecule is CN(C)c1cccc(C(=O)NNC(=O)c2ccc(Cn3ccccc3=O)o2)c1. The van der Waals surface area contributed by atoms with Crippen LogP contribution in [0.25, 0.3) is 0 Å². The van der Waals surface area contributed by atoms with Gasteiger partial charge in [0.2, 0.25) is 0 Å². The zero-order valence-electron chi connectivity index (χ0n) is 15.5. The van der Waals surface area contributed by atoms with Crippen molar-refractivity contribution in [3.8, 4) is 0 Å². The third kappa shape index (κ3) is 4.47. The van der Waals surface area contributed by atoms with Crippen LogP contribution in [-0.2, 0) is 6.54 Å². The molecule has 2 aromatic heterocycles. The highest BCUT2D eigenvalue weighted by Crippen LogP contribution is 2.13. The minimum absolute atomic E-state index is 0.0290. The van der Waals surface area contributed by atoms with Crippen LogP contribution in [0.4, 0.5) is 5.69 Å². The molecule has 0 aliphatic carbocycles. The highest BCUT2D eigenvalue weighted by Gasteiger charge is 2.14. The Hall–Kier alpha value is -3.81. The summed E-state index contributed by atoms with van der Waals surface area (Å²) in [5.41, 5.74) is 5.79. The van der Waals surface area contributed by atoms with Crippen LogP contribution < -0.4 is 21.3 Å². The lowest BCUT2D eigenvalue weighted by atomic mass is 10.2. The van der Waals surface area contributed by atoms with Gasteiger partial charge >= 0.3 is 5.91 Å². The fourth-order valence-electron chi connectivity index (χ4n) is 2.52. The molecule has 0 fully saturated rings. The second-order valence-electron chi connectivity index (χ2n) is 6.29. The molecule has 0 saturated carbocycles. The van der Waals surface area contributed by atoms with Gasteiger partial charge in [0.05, 0.1) is 6.54 Å². The van der Waals surface area contributed by atoms with E-state index in [1.165, 1.54) is 16.7 Å². The maximum Gasteiger partial charge on any atom is 0.305 e. The van der Waals surface area contributed by atoms with Crippen LogP contribution in [0.1, 0.15) is 26.7 Å². The number of rotatable bonds is 5. The topological polar surface area (TPSA) is 96.6 Å². The van der Waals surface area contributed by atoms with Gasteiger partial charge in [-0.25, -0.2) is 0 Å². The first-order chi connectivity index (χ1) is 13.4. The molecule has 0 bridgehead atoms. The molecular formula is C20H20N4O4. The average molecular weight is 380 g/mol. The van der Waals surface area contributed by atoms with Gasteiger partial charge in [0, 0.05) is 37.6 Å². The molecule has 8 heteroatoms. The summed E-state index contributed by atoms with van der Waals surface area (Å²) in [5, 5.41) is 0. The van der Waals surface area contributed by atoms with Crippen LogP contribution in [0.15, 0.2) is 70.0 Å². The van der Waals surface area contributed by atoms with E-state index in [0.29, 0.717) is 11.3 Å². The number of hydrazine groups is 1. The van der Waals surface area contributed by atoms with E-state index in [1.54, 1.807) is 42.6 Å². The summed E-state index contributed by atoms with van der Waals surface area (Å²) in [5.74, 6) is -0.562. The van der Waals surface area contributed by atoms with Crippen LogP contribution >= 0.6 is 0 Å². The van der Waals surface area contributed by atoms with Gasteiger partial charge < -0.3 is 13.9 Å². The Bertz CT molecular complexity index is 1050. The lowest BCUT2D eigenvalue weighted by Gasteiger charge is -2.13. The molecule has 0 radical (unpaired) electrons. The third-order valence-corrected chi connectivity index (χ3v) is 4.02. The summed E-state index contributed by atoms with van der Waals surface area (Å²) in [4.78, 5) is 38.0. The van der Waals surface area contributed by atoms with Gasteiger partial charge in [-0.3, -0.25) is 25.2 Å². The van der Waals surface area contributed by atoms with Gasteiger partial charge in [0.1, 0.15) is 5.76 Å². The Labute approximate surface area is 161 Å². The first-order valence-corrected chi connectivity index (χ1v) is 8.56. The third-order valence-electron chi connectivity index (χ3n) is 4.02. The summed E-state index contributed by atoms with van der Waals surface area (Å²) < 4.78 is 6.92. The van der Waals surface area contributed by atoms with E-state index in [4.69, 9.17) is 4.42 Å². The number of amides is 2. The predicted molar refractivity (Wildman–Crippen MR) is 104 cm³/mol. The normalized spacial score (nSPS) is 10.4. The van der Waals surface area contributed by atoms with Crippen molar-refractivity contribution in [1.29, 1.82) is 0 Å². The van der Waals surface area contributed by atoms with Crippen LogP contribution in [0.5, 0.6) is 0 Å². The van der Waals surface area contributed by atoms with Crippen molar-refractivity contribution in [2.24, 2.45) is 0 Å². The molecule has 0 aliphatic heterocycles. The van der Waals surface area contributed by atoms with E-state index in [2.05, 4.69) is 10.9 Å². The maximum atomic E-state index is 12.2. The lowest BCUT2D eigenvalue weighted by Crippen LogP contribution is -2.41. The average Bonchev–Trinajstić information content (AvgIpc) is 3.16. The molecule has 0 atom stereocenters. The second kappa shape index (κ2) is 8.26. The van der Waals surface area contributed by atoms with E-state index < -0.39 is 11.8 Å². The Morgan fingerprint density at radius 2 is 1.79 bits per heavy atom. The van der Waals surface area contributed by atoms with E-state index in [-0.39, 0.29) is 17.9 Å². The molecule has 0 saturated heterocycles. The standard InChI is InChI=1S/C20H20N4O4/c1-23(2)15-7-5-6-14(12-15)19(26)21-22-20(27)17-10-9-16(28-17)13-24-11-4-3-8-18(24)25/h3-12H,13H2,1-2H3,(H,21,26)(H,22,27). The van der Waals surface area contributed by atoms with Crippen molar-refractivity contribution in [2.45, 2.75) is 6.54 Å². The molecule has 8 nitrogen and oxygen atoms in total. The first-order valence-electron chi connectivity index (χ1n) is 8.56. The van der Waals surface area contributed by atoms with Gasteiger partial charge in [-0.05, 0) is 36.4 Å². The van der Waals surface area contributed by atoms with Gasteiger partial charge in [0.25, 0.3) is 11.5 Å². The second-order valence-corrected chi connectivity index (χ2v) is 6.29. The number of hydrogen-bond donors (Lipinski definition) is 2. The monoisotopic (exact) mass is 380 g/mol. The zero-order valence-corrected chi connectivity index (χ0v) is 15.5. The summed E-state index contributed by atoms with van der Waals surface area (Å²) in [7, 11) is 3.74. The van der Waals surface area contributed by atoms with Crippen LogP contribution in [0.2, 0.25) is 0 Å². The molecule has 3 aromatic rings. The highest BCUT2D eigenvalue weighted by atomic mass is 16.4. The number of aromatic nitrogens is 1. The van der Waals surface area contributed by atoms with Crippen molar-refractivity contribution in [2.75, 3.05) is 19.0 Å². The van der Waals surface area contributed by atoms with Crippen LogP contribution in [-0.4, -0.2) is 30.5 Å². The van der Waals surface area contributed by atoms with Gasteiger partial charge in [0.15, 0.2) is 5.76 Å². The summed E-state index contributed by atoms with van der Waals surface area (Å²) in [6, 6.07) is 14.9. The molecule has 3 rings (SSSR count). The Morgan fingerprint density at radius 3 is 2.54 bits per heavy atom. The van der Waals surface area contributed by atoms with Gasteiger partial charge in [-0.2, -0.15) is 0 Å². The molecule has 144 valence electrons. The molecule has 2 amide bonds. The number of hydrogen-bond acceptors (Lipinski definition) is 5. The van der Waals surface area contributed by atoms with Crippen molar-refractivity contribution in [3.05, 3.63) is 88.2 Å². The highest BCUT2D eigenvalue weighted by molar-refractivity contribution is 5.98. The number of benzene rings is 1. The summed E-state index contributed by atoms with van der Waals surface area (Å²) in [6.07, 6.45) is 1.63. The number of furan rings is 1. The summed E-state index contributed by atoms with van der Waals surface area (Å²) >= 11 is 0. The molecule has 2 heterocycles. The number of nitrogens with zero attached hydrogens (tertiary/aromatic N) is 2. The number of pyridine rings is 1. The molecule has 0 spiro atoms. The number of nitrogens with one attached hydrogen (secondary N) is 2. The Kier molecular flexibility index (Phi) is 5.59. The summed E-state index contributed by atoms with van der Waals surface area (Å²) in [6.45, 7) is 0.205. The minimum atomic E-state index is -0.594. The van der Waals surface area contributed by atoms with Gasteiger partial charge in [-0.15, -0.1) is 0 Å². The van der Waals surface area contributed by atoms with Crippen molar-refractivity contribution >= 4 is 17.5 Å². The number of anilines is 1. The largest absolute Gasteiger partial charge is 0.454 e. The number of carbonyl (C=O) groups excluding carboxylic acids is 2. The van der Waals surface area contributed by atoms with E-state index in [9.17, 15) is 14.4 Å². The van der Waals surface area contributed by atoms with E-state index in [0.717, 1.165) is 5.69 Å². The molecule has 0 unspecified atom stereocenters. The van der Waals surface area contributed by atoms with Crippen molar-refractivity contribution in [3.63, 3.8) is 0 Å². The molecule has 1 aromatic carbocycles. The number of carbonyl (C=O) groups is 2. The van der Waals surface area contributed by atoms with E-state index in [1.807, 2.05) is 25.1 Å². The first kappa shape index (κ1) is 19.0.